The Hall–Kier alpha value is -0.420. The quantitative estimate of drug-likeness (QED) is 0.831. The SMILES string of the molecule is Nc1cc(F)c(Br)cc1NCC1CCCCS1. The van der Waals surface area contributed by atoms with Crippen molar-refractivity contribution in [1.29, 1.82) is 0 Å². The van der Waals surface area contributed by atoms with Gasteiger partial charge in [-0.3, -0.25) is 0 Å². The largest absolute Gasteiger partial charge is 0.397 e. The molecule has 1 aliphatic rings. The van der Waals surface area contributed by atoms with Crippen molar-refractivity contribution in [3.05, 3.63) is 22.4 Å². The van der Waals surface area contributed by atoms with Crippen molar-refractivity contribution in [2.75, 3.05) is 23.3 Å². The zero-order valence-corrected chi connectivity index (χ0v) is 11.9. The second-order valence-electron chi connectivity index (χ2n) is 4.22. The lowest BCUT2D eigenvalue weighted by Gasteiger charge is -2.22. The van der Waals surface area contributed by atoms with Crippen LogP contribution in [0.4, 0.5) is 15.8 Å². The molecule has 1 saturated heterocycles. The molecule has 2 rings (SSSR count). The van der Waals surface area contributed by atoms with Crippen molar-refractivity contribution >= 4 is 39.1 Å². The summed E-state index contributed by atoms with van der Waals surface area (Å²) in [6.45, 7) is 0.896. The number of nitrogens with two attached hydrogens (primary N) is 1. The third kappa shape index (κ3) is 3.52. The van der Waals surface area contributed by atoms with Gasteiger partial charge in [0, 0.05) is 17.9 Å². The van der Waals surface area contributed by atoms with Crippen molar-refractivity contribution in [2.24, 2.45) is 0 Å². The van der Waals surface area contributed by atoms with Gasteiger partial charge in [-0.25, -0.2) is 4.39 Å². The average Bonchev–Trinajstić information content (AvgIpc) is 2.33. The highest BCUT2D eigenvalue weighted by molar-refractivity contribution is 9.10. The predicted octanol–water partition coefficient (Wildman–Crippen LogP) is 3.87. The molecule has 5 heteroatoms. The number of halogens is 2. The molecule has 17 heavy (non-hydrogen) atoms. The minimum atomic E-state index is -0.319. The lowest BCUT2D eigenvalue weighted by atomic mass is 10.2. The van der Waals surface area contributed by atoms with E-state index in [-0.39, 0.29) is 5.82 Å². The van der Waals surface area contributed by atoms with Crippen LogP contribution in [0.3, 0.4) is 0 Å². The summed E-state index contributed by atoms with van der Waals surface area (Å²) in [6, 6.07) is 3.05. The van der Waals surface area contributed by atoms with Crippen LogP contribution >= 0.6 is 27.7 Å². The number of nitrogens with one attached hydrogen (secondary N) is 1. The van der Waals surface area contributed by atoms with Gasteiger partial charge in [0.05, 0.1) is 15.8 Å². The van der Waals surface area contributed by atoms with E-state index < -0.39 is 0 Å². The van der Waals surface area contributed by atoms with Gasteiger partial charge in [0.2, 0.25) is 0 Å². The fourth-order valence-electron chi connectivity index (χ4n) is 1.91. The van der Waals surface area contributed by atoms with Gasteiger partial charge in [0.1, 0.15) is 5.82 Å². The van der Waals surface area contributed by atoms with Gasteiger partial charge < -0.3 is 11.1 Å². The summed E-state index contributed by atoms with van der Waals surface area (Å²) < 4.78 is 13.6. The van der Waals surface area contributed by atoms with Gasteiger partial charge in [-0.2, -0.15) is 11.8 Å². The normalized spacial score (nSPS) is 20.2. The van der Waals surface area contributed by atoms with E-state index in [4.69, 9.17) is 5.73 Å². The second-order valence-corrected chi connectivity index (χ2v) is 6.49. The van der Waals surface area contributed by atoms with Gasteiger partial charge in [0.25, 0.3) is 0 Å². The van der Waals surface area contributed by atoms with Crippen molar-refractivity contribution < 1.29 is 4.39 Å². The predicted molar refractivity (Wildman–Crippen MR) is 77.1 cm³/mol. The summed E-state index contributed by atoms with van der Waals surface area (Å²) in [6.07, 6.45) is 3.88. The molecule has 0 aliphatic carbocycles. The summed E-state index contributed by atoms with van der Waals surface area (Å²) in [7, 11) is 0. The Kier molecular flexibility index (Phi) is 4.56. The molecule has 1 atom stereocenters. The molecule has 1 aliphatic heterocycles. The molecule has 0 aromatic heterocycles. The summed E-state index contributed by atoms with van der Waals surface area (Å²) in [5.74, 6) is 0.926. The van der Waals surface area contributed by atoms with E-state index >= 15 is 0 Å². The monoisotopic (exact) mass is 318 g/mol. The van der Waals surface area contributed by atoms with Crippen LogP contribution in [-0.2, 0) is 0 Å². The first-order valence-corrected chi connectivity index (χ1v) is 7.61. The average molecular weight is 319 g/mol. The molecule has 0 radical (unpaired) electrons. The Bertz CT molecular complexity index is 394. The van der Waals surface area contributed by atoms with Gasteiger partial charge in [-0.1, -0.05) is 6.42 Å². The van der Waals surface area contributed by atoms with Crippen LogP contribution in [0.5, 0.6) is 0 Å². The molecular formula is C12H16BrFN2S. The standard InChI is InChI=1S/C12H16BrFN2S/c13-9-5-12(11(15)6-10(9)14)16-7-8-3-1-2-4-17-8/h5-6,8,16H,1-4,7,15H2. The second kappa shape index (κ2) is 5.96. The maximum atomic E-state index is 13.2. The van der Waals surface area contributed by atoms with Gasteiger partial charge >= 0.3 is 0 Å². The minimum absolute atomic E-state index is 0.319. The molecule has 1 unspecified atom stereocenters. The Morgan fingerprint density at radius 3 is 3.00 bits per heavy atom. The summed E-state index contributed by atoms with van der Waals surface area (Å²) in [5, 5.41) is 3.95. The van der Waals surface area contributed by atoms with Crippen LogP contribution in [0.25, 0.3) is 0 Å². The van der Waals surface area contributed by atoms with Gasteiger partial charge in [-0.15, -0.1) is 0 Å². The Morgan fingerprint density at radius 1 is 1.47 bits per heavy atom. The number of hydrogen-bond donors (Lipinski definition) is 2. The zero-order valence-electron chi connectivity index (χ0n) is 9.51. The fraction of sp³-hybridized carbons (Fsp3) is 0.500. The van der Waals surface area contributed by atoms with Crippen molar-refractivity contribution in [3.63, 3.8) is 0 Å². The van der Waals surface area contributed by atoms with E-state index in [9.17, 15) is 4.39 Å². The summed E-state index contributed by atoms with van der Waals surface area (Å²) in [5.41, 5.74) is 7.05. The summed E-state index contributed by atoms with van der Waals surface area (Å²) >= 11 is 5.18. The molecule has 1 fully saturated rings. The molecule has 2 nitrogen and oxygen atoms in total. The number of anilines is 2. The van der Waals surface area contributed by atoms with E-state index in [1.807, 2.05) is 11.8 Å². The highest BCUT2D eigenvalue weighted by Gasteiger charge is 2.14. The maximum absolute atomic E-state index is 13.2. The molecule has 0 saturated carbocycles. The number of nitrogen functional groups attached to an aromatic ring is 1. The van der Waals surface area contributed by atoms with Crippen LogP contribution in [0.2, 0.25) is 0 Å². The van der Waals surface area contributed by atoms with Gasteiger partial charge in [0.15, 0.2) is 0 Å². The molecule has 3 N–H and O–H groups in total. The smallest absolute Gasteiger partial charge is 0.139 e. The first kappa shape index (κ1) is 13.0. The maximum Gasteiger partial charge on any atom is 0.139 e. The summed E-state index contributed by atoms with van der Waals surface area (Å²) in [4.78, 5) is 0. The zero-order chi connectivity index (χ0) is 12.3. The number of rotatable bonds is 3. The number of benzene rings is 1. The molecule has 0 bridgehead atoms. The highest BCUT2D eigenvalue weighted by Crippen LogP contribution is 2.29. The number of thioether (sulfide) groups is 1. The lowest BCUT2D eigenvalue weighted by Crippen LogP contribution is -2.20. The van der Waals surface area contributed by atoms with E-state index in [1.165, 1.54) is 31.1 Å². The van der Waals surface area contributed by atoms with Crippen LogP contribution in [-0.4, -0.2) is 17.5 Å². The highest BCUT2D eigenvalue weighted by atomic mass is 79.9. The van der Waals surface area contributed by atoms with Crippen LogP contribution in [0.15, 0.2) is 16.6 Å². The number of hydrogen-bond acceptors (Lipinski definition) is 3. The van der Waals surface area contributed by atoms with E-state index in [0.717, 1.165) is 12.2 Å². The Labute approximate surface area is 114 Å². The van der Waals surface area contributed by atoms with Crippen molar-refractivity contribution in [2.45, 2.75) is 24.5 Å². The van der Waals surface area contributed by atoms with Crippen LogP contribution in [0, 0.1) is 5.82 Å². The minimum Gasteiger partial charge on any atom is -0.397 e. The Morgan fingerprint density at radius 2 is 2.29 bits per heavy atom. The van der Waals surface area contributed by atoms with Crippen molar-refractivity contribution in [1.82, 2.24) is 0 Å². The molecule has 1 heterocycles. The topological polar surface area (TPSA) is 38.0 Å². The molecule has 0 spiro atoms. The van der Waals surface area contributed by atoms with Crippen LogP contribution in [0.1, 0.15) is 19.3 Å². The molecule has 94 valence electrons. The molecule has 1 aromatic rings. The molecular weight excluding hydrogens is 303 g/mol. The van der Waals surface area contributed by atoms with Gasteiger partial charge in [-0.05, 0) is 40.6 Å². The first-order valence-electron chi connectivity index (χ1n) is 5.77. The fourth-order valence-corrected chi connectivity index (χ4v) is 3.49. The Balaban J connectivity index is 1.96. The molecule has 1 aromatic carbocycles. The third-order valence-electron chi connectivity index (χ3n) is 2.89. The first-order chi connectivity index (χ1) is 8.16. The van der Waals surface area contributed by atoms with Crippen LogP contribution < -0.4 is 11.1 Å². The van der Waals surface area contributed by atoms with E-state index in [2.05, 4.69) is 21.2 Å². The molecule has 0 amide bonds. The van der Waals surface area contributed by atoms with E-state index in [1.54, 1.807) is 6.07 Å². The third-order valence-corrected chi connectivity index (χ3v) is 4.89. The van der Waals surface area contributed by atoms with E-state index in [0.29, 0.717) is 15.4 Å². The van der Waals surface area contributed by atoms with Crippen molar-refractivity contribution in [3.8, 4) is 0 Å². The lowest BCUT2D eigenvalue weighted by molar-refractivity contribution is 0.622.